The number of ketones is 1. The fourth-order valence-electron chi connectivity index (χ4n) is 2.29. The van der Waals surface area contributed by atoms with Crippen molar-refractivity contribution >= 4 is 65.2 Å². The highest BCUT2D eigenvalue weighted by molar-refractivity contribution is 9.13. The van der Waals surface area contributed by atoms with Gasteiger partial charge in [0.05, 0.1) is 10.9 Å². The van der Waals surface area contributed by atoms with Crippen LogP contribution in [0, 0.1) is 0 Å². The number of hydrogen-bond acceptors (Lipinski definition) is 4. The molecule has 1 aromatic heterocycles. The van der Waals surface area contributed by atoms with Crippen molar-refractivity contribution in [3.05, 3.63) is 49.2 Å². The lowest BCUT2D eigenvalue weighted by molar-refractivity contribution is -0.133. The van der Waals surface area contributed by atoms with Crippen LogP contribution in [0.4, 0.5) is 5.69 Å². The molecule has 0 unspecified atom stereocenters. The van der Waals surface area contributed by atoms with Gasteiger partial charge in [-0.15, -0.1) is 0 Å². The number of benzene rings is 1. The second-order valence-corrected chi connectivity index (χ2v) is 7.33. The second-order valence-electron chi connectivity index (χ2n) is 4.84. The van der Waals surface area contributed by atoms with Crippen molar-refractivity contribution in [3.8, 4) is 0 Å². The molecule has 0 bridgehead atoms. The van der Waals surface area contributed by atoms with Gasteiger partial charge in [0.1, 0.15) is 0 Å². The van der Waals surface area contributed by atoms with Crippen molar-refractivity contribution in [3.63, 3.8) is 0 Å². The highest BCUT2D eigenvalue weighted by Crippen LogP contribution is 2.40. The molecule has 1 amide bonds. The van der Waals surface area contributed by atoms with Crippen LogP contribution in [0.2, 0.25) is 0 Å². The molecule has 8 heteroatoms. The lowest BCUT2D eigenvalue weighted by Crippen LogP contribution is -2.36. The van der Waals surface area contributed by atoms with Crippen LogP contribution >= 0.6 is 47.8 Å². The summed E-state index contributed by atoms with van der Waals surface area (Å²) in [6, 6.07) is 6.52. The van der Waals surface area contributed by atoms with Gasteiger partial charge >= 0.3 is 0 Å². The molecule has 0 fully saturated rings. The Morgan fingerprint density at radius 2 is 2.00 bits per heavy atom. The number of amides is 1. The maximum Gasteiger partial charge on any atom is 0.261 e. The van der Waals surface area contributed by atoms with E-state index in [9.17, 15) is 14.7 Å². The van der Waals surface area contributed by atoms with Gasteiger partial charge in [-0.1, -0.05) is 15.9 Å². The third-order valence-electron chi connectivity index (χ3n) is 3.39. The van der Waals surface area contributed by atoms with Gasteiger partial charge in [-0.05, 0) is 50.1 Å². The number of aliphatic hydroxyl groups is 1. The molecule has 0 radical (unpaired) electrons. The Hall–Kier alpha value is -0.960. The SMILES string of the molecule is O=C(C[C@]1(O)C(=O)Nc2ccc(Br)cc21)c1cc(Br)c(Br)o1. The summed E-state index contributed by atoms with van der Waals surface area (Å²) in [6.07, 6.45) is -0.408. The van der Waals surface area contributed by atoms with Crippen molar-refractivity contribution < 1.29 is 19.1 Å². The Labute approximate surface area is 150 Å². The van der Waals surface area contributed by atoms with Crippen LogP contribution in [-0.2, 0) is 10.4 Å². The molecule has 2 N–H and O–H groups in total. The molecule has 0 aliphatic carbocycles. The largest absolute Gasteiger partial charge is 0.445 e. The summed E-state index contributed by atoms with van der Waals surface area (Å²) in [7, 11) is 0. The van der Waals surface area contributed by atoms with E-state index in [1.165, 1.54) is 6.07 Å². The van der Waals surface area contributed by atoms with Crippen LogP contribution in [0.5, 0.6) is 0 Å². The Morgan fingerprint density at radius 3 is 2.64 bits per heavy atom. The summed E-state index contributed by atoms with van der Waals surface area (Å²) in [5, 5.41) is 13.3. The molecule has 3 rings (SSSR count). The van der Waals surface area contributed by atoms with Gasteiger partial charge < -0.3 is 14.8 Å². The van der Waals surface area contributed by atoms with Crippen molar-refractivity contribution in [2.24, 2.45) is 0 Å². The second kappa shape index (κ2) is 5.59. The van der Waals surface area contributed by atoms with E-state index >= 15 is 0 Å². The molecule has 0 saturated carbocycles. The maximum absolute atomic E-state index is 12.3. The molecule has 0 saturated heterocycles. The van der Waals surface area contributed by atoms with Gasteiger partial charge in [-0.25, -0.2) is 0 Å². The van der Waals surface area contributed by atoms with Crippen molar-refractivity contribution in [1.82, 2.24) is 0 Å². The summed E-state index contributed by atoms with van der Waals surface area (Å²) >= 11 is 9.66. The predicted molar refractivity (Wildman–Crippen MR) is 89.7 cm³/mol. The fraction of sp³-hybridized carbons (Fsp3) is 0.143. The molecule has 1 atom stereocenters. The zero-order chi connectivity index (χ0) is 16.1. The van der Waals surface area contributed by atoms with Crippen molar-refractivity contribution in [2.45, 2.75) is 12.0 Å². The van der Waals surface area contributed by atoms with E-state index in [2.05, 4.69) is 53.1 Å². The Bertz CT molecular complexity index is 782. The van der Waals surface area contributed by atoms with Crippen LogP contribution < -0.4 is 5.32 Å². The third-order valence-corrected chi connectivity index (χ3v) is 5.59. The Balaban J connectivity index is 1.96. The average molecular weight is 494 g/mol. The van der Waals surface area contributed by atoms with Crippen LogP contribution in [0.25, 0.3) is 0 Å². The molecule has 2 heterocycles. The molecular formula is C14H8Br3NO4. The third kappa shape index (κ3) is 2.58. The minimum atomic E-state index is -1.91. The Kier molecular flexibility index (Phi) is 4.05. The molecule has 22 heavy (non-hydrogen) atoms. The van der Waals surface area contributed by atoms with Crippen molar-refractivity contribution in [1.29, 1.82) is 0 Å². The number of carbonyl (C=O) groups excluding carboxylic acids is 2. The molecule has 114 valence electrons. The number of rotatable bonds is 3. The molecule has 5 nitrogen and oxygen atoms in total. The number of carbonyl (C=O) groups is 2. The number of fused-ring (bicyclic) bond motifs is 1. The Morgan fingerprint density at radius 1 is 1.27 bits per heavy atom. The lowest BCUT2D eigenvalue weighted by Gasteiger charge is -2.19. The van der Waals surface area contributed by atoms with Crippen LogP contribution in [0.3, 0.4) is 0 Å². The van der Waals surface area contributed by atoms with E-state index in [0.29, 0.717) is 24.9 Å². The standard InChI is InChI=1S/C14H8Br3NO4/c15-6-1-2-9-7(3-6)14(21,13(20)18-9)5-10(19)11-4-8(16)12(17)22-11/h1-4,21H,5H2,(H,18,20)/t14-/m1/s1. The van der Waals surface area contributed by atoms with E-state index < -0.39 is 23.7 Å². The first-order valence-electron chi connectivity index (χ1n) is 6.13. The number of furan rings is 1. The van der Waals surface area contributed by atoms with Gasteiger partial charge in [-0.2, -0.15) is 0 Å². The molecule has 2 aromatic rings. The van der Waals surface area contributed by atoms with E-state index in [1.54, 1.807) is 18.2 Å². The average Bonchev–Trinajstić information content (AvgIpc) is 2.91. The minimum Gasteiger partial charge on any atom is -0.445 e. The first-order chi connectivity index (χ1) is 10.3. The molecule has 1 aromatic carbocycles. The van der Waals surface area contributed by atoms with Crippen LogP contribution in [0.15, 0.2) is 42.3 Å². The number of anilines is 1. The monoisotopic (exact) mass is 491 g/mol. The lowest BCUT2D eigenvalue weighted by atomic mass is 9.89. The normalized spacial score (nSPS) is 19.9. The van der Waals surface area contributed by atoms with Crippen LogP contribution in [-0.4, -0.2) is 16.8 Å². The first-order valence-corrected chi connectivity index (χ1v) is 8.51. The van der Waals surface area contributed by atoms with Gasteiger partial charge in [0.25, 0.3) is 5.91 Å². The van der Waals surface area contributed by atoms with Crippen LogP contribution in [0.1, 0.15) is 22.5 Å². The maximum atomic E-state index is 12.3. The minimum absolute atomic E-state index is 0.0587. The predicted octanol–water partition coefficient (Wildman–Crippen LogP) is 3.98. The summed E-state index contributed by atoms with van der Waals surface area (Å²) in [6.45, 7) is 0. The highest BCUT2D eigenvalue weighted by Gasteiger charge is 2.47. The van der Waals surface area contributed by atoms with E-state index in [4.69, 9.17) is 4.42 Å². The molecule has 1 aliphatic heterocycles. The summed E-state index contributed by atoms with van der Waals surface area (Å²) in [5.41, 5.74) is -1.06. The summed E-state index contributed by atoms with van der Waals surface area (Å²) < 4.78 is 6.91. The quantitative estimate of drug-likeness (QED) is 0.634. The van der Waals surface area contributed by atoms with E-state index in [-0.39, 0.29) is 5.76 Å². The van der Waals surface area contributed by atoms with Gasteiger partial charge in [0, 0.05) is 21.8 Å². The van der Waals surface area contributed by atoms with Gasteiger partial charge in [-0.3, -0.25) is 9.59 Å². The topological polar surface area (TPSA) is 79.5 Å². The smallest absolute Gasteiger partial charge is 0.261 e. The molecule has 1 aliphatic rings. The zero-order valence-corrected chi connectivity index (χ0v) is 15.6. The van der Waals surface area contributed by atoms with Crippen molar-refractivity contribution in [2.75, 3.05) is 5.32 Å². The first kappa shape index (κ1) is 15.9. The van der Waals surface area contributed by atoms with Gasteiger partial charge in [0.2, 0.25) is 5.78 Å². The van der Waals surface area contributed by atoms with E-state index in [0.717, 1.165) is 0 Å². The van der Waals surface area contributed by atoms with E-state index in [1.807, 2.05) is 0 Å². The molecule has 0 spiro atoms. The number of halogens is 3. The number of Topliss-reactive ketones (excluding diaryl/α,β-unsaturated/α-hetero) is 1. The van der Waals surface area contributed by atoms with Gasteiger partial charge in [0.15, 0.2) is 16.0 Å². The summed E-state index contributed by atoms with van der Waals surface area (Å²) in [5.74, 6) is -1.04. The number of nitrogens with one attached hydrogen (secondary N) is 1. The summed E-state index contributed by atoms with van der Waals surface area (Å²) in [4.78, 5) is 24.5. The zero-order valence-electron chi connectivity index (χ0n) is 10.8. The fourth-order valence-corrected chi connectivity index (χ4v) is 3.23. The molecular weight excluding hydrogens is 486 g/mol. The highest BCUT2D eigenvalue weighted by atomic mass is 79.9. The number of hydrogen-bond donors (Lipinski definition) is 2.